The SMILES string of the molecule is Cc1cc(-c2cccc(-c3ccccc3)c2)cc(C)c1N(c1ccc(-c2ccccc2-c2ccccc2)cc1)c1ccc2c(c1)C(C)(C)c1ccccc1-2. The van der Waals surface area contributed by atoms with Crippen molar-refractivity contribution >= 4 is 17.1 Å². The van der Waals surface area contributed by atoms with E-state index < -0.39 is 0 Å². The monoisotopic (exact) mass is 693 g/mol. The van der Waals surface area contributed by atoms with Crippen LogP contribution in [-0.4, -0.2) is 0 Å². The Morgan fingerprint density at radius 3 is 1.46 bits per heavy atom. The molecular weight excluding hydrogens is 651 g/mol. The van der Waals surface area contributed by atoms with Gasteiger partial charge in [-0.1, -0.05) is 159 Å². The Balaban J connectivity index is 1.17. The first-order valence-corrected chi connectivity index (χ1v) is 18.9. The molecule has 1 heteroatoms. The topological polar surface area (TPSA) is 3.24 Å². The molecule has 54 heavy (non-hydrogen) atoms. The highest BCUT2D eigenvalue weighted by Gasteiger charge is 2.36. The van der Waals surface area contributed by atoms with Crippen LogP contribution in [0.25, 0.3) is 55.6 Å². The summed E-state index contributed by atoms with van der Waals surface area (Å²) in [6.07, 6.45) is 0. The van der Waals surface area contributed by atoms with Crippen LogP contribution in [0.2, 0.25) is 0 Å². The Morgan fingerprint density at radius 2 is 0.815 bits per heavy atom. The average molecular weight is 694 g/mol. The molecule has 8 aromatic rings. The molecule has 0 bridgehead atoms. The third-order valence-electron chi connectivity index (χ3n) is 11.3. The van der Waals surface area contributed by atoms with E-state index in [0.29, 0.717) is 0 Å². The minimum Gasteiger partial charge on any atom is -0.310 e. The van der Waals surface area contributed by atoms with Gasteiger partial charge >= 0.3 is 0 Å². The number of hydrogen-bond donors (Lipinski definition) is 0. The van der Waals surface area contributed by atoms with Gasteiger partial charge in [0, 0.05) is 16.8 Å². The Kier molecular flexibility index (Phi) is 8.36. The molecule has 0 aromatic heterocycles. The van der Waals surface area contributed by atoms with E-state index in [1.165, 1.54) is 83.6 Å². The highest BCUT2D eigenvalue weighted by atomic mass is 15.1. The highest BCUT2D eigenvalue weighted by Crippen LogP contribution is 2.51. The molecule has 0 saturated carbocycles. The lowest BCUT2D eigenvalue weighted by Crippen LogP contribution is -2.17. The number of fused-ring (bicyclic) bond motifs is 3. The minimum absolute atomic E-state index is 0.101. The van der Waals surface area contributed by atoms with Crippen LogP contribution in [0, 0.1) is 13.8 Å². The maximum Gasteiger partial charge on any atom is 0.0520 e. The summed E-state index contributed by atoms with van der Waals surface area (Å²) in [7, 11) is 0. The molecule has 0 spiro atoms. The summed E-state index contributed by atoms with van der Waals surface area (Å²) in [5.41, 5.74) is 21.1. The van der Waals surface area contributed by atoms with Crippen LogP contribution in [0.1, 0.15) is 36.1 Å². The number of hydrogen-bond acceptors (Lipinski definition) is 1. The quantitative estimate of drug-likeness (QED) is 0.161. The Labute approximate surface area is 319 Å². The summed E-state index contributed by atoms with van der Waals surface area (Å²) in [5.74, 6) is 0. The van der Waals surface area contributed by atoms with E-state index in [9.17, 15) is 0 Å². The van der Waals surface area contributed by atoms with Gasteiger partial charge in [-0.15, -0.1) is 0 Å². The number of aryl methyl sites for hydroxylation is 2. The number of nitrogens with zero attached hydrogens (tertiary/aromatic N) is 1. The molecule has 0 atom stereocenters. The van der Waals surface area contributed by atoms with Gasteiger partial charge in [-0.3, -0.25) is 0 Å². The van der Waals surface area contributed by atoms with Gasteiger partial charge in [0.25, 0.3) is 0 Å². The van der Waals surface area contributed by atoms with Gasteiger partial charge in [0.15, 0.2) is 0 Å². The first-order valence-electron chi connectivity index (χ1n) is 18.9. The van der Waals surface area contributed by atoms with Crippen LogP contribution in [0.4, 0.5) is 17.1 Å². The van der Waals surface area contributed by atoms with Gasteiger partial charge < -0.3 is 4.90 Å². The smallest absolute Gasteiger partial charge is 0.0520 e. The second-order valence-electron chi connectivity index (χ2n) is 15.1. The normalized spacial score (nSPS) is 12.6. The van der Waals surface area contributed by atoms with E-state index in [4.69, 9.17) is 0 Å². The summed E-state index contributed by atoms with van der Waals surface area (Å²) in [6, 6.07) is 68.8. The lowest BCUT2D eigenvalue weighted by molar-refractivity contribution is 0.660. The van der Waals surface area contributed by atoms with Gasteiger partial charge in [0.05, 0.1) is 5.69 Å². The molecule has 0 aliphatic heterocycles. The van der Waals surface area contributed by atoms with Crippen molar-refractivity contribution in [2.24, 2.45) is 0 Å². The molecule has 260 valence electrons. The Hall–Kier alpha value is -6.44. The number of rotatable bonds is 7. The molecule has 0 N–H and O–H groups in total. The summed E-state index contributed by atoms with van der Waals surface area (Å²) < 4.78 is 0. The van der Waals surface area contributed by atoms with Crippen LogP contribution in [0.15, 0.2) is 188 Å². The van der Waals surface area contributed by atoms with Crippen molar-refractivity contribution in [1.82, 2.24) is 0 Å². The van der Waals surface area contributed by atoms with E-state index in [-0.39, 0.29) is 5.41 Å². The van der Waals surface area contributed by atoms with E-state index in [1.54, 1.807) is 0 Å². The zero-order chi connectivity index (χ0) is 36.8. The zero-order valence-corrected chi connectivity index (χ0v) is 31.3. The molecule has 0 unspecified atom stereocenters. The molecule has 1 aliphatic rings. The molecule has 0 radical (unpaired) electrons. The fourth-order valence-corrected chi connectivity index (χ4v) is 8.62. The zero-order valence-electron chi connectivity index (χ0n) is 31.3. The summed E-state index contributed by atoms with van der Waals surface area (Å²) >= 11 is 0. The van der Waals surface area contributed by atoms with Crippen molar-refractivity contribution in [2.75, 3.05) is 4.90 Å². The van der Waals surface area contributed by atoms with E-state index in [2.05, 4.69) is 221 Å². The minimum atomic E-state index is -0.101. The number of anilines is 3. The molecular formula is C53H43N. The van der Waals surface area contributed by atoms with Crippen LogP contribution < -0.4 is 4.90 Å². The molecule has 8 aromatic carbocycles. The Bertz CT molecular complexity index is 2610. The standard InChI is InChI=1S/C53H43N/c1-36-32-43(42-21-15-20-41(34-42)38-16-7-5-8-17-38)33-37(2)52(36)54(45-30-31-49-48-24-13-14-25-50(48)53(3,4)51(49)35-45)44-28-26-40(27-29-44)47-23-12-11-22-46(47)39-18-9-6-10-19-39/h5-35H,1-4H3. The third-order valence-corrected chi connectivity index (χ3v) is 11.3. The second-order valence-corrected chi connectivity index (χ2v) is 15.1. The molecule has 9 rings (SSSR count). The summed E-state index contributed by atoms with van der Waals surface area (Å²) in [5, 5.41) is 0. The van der Waals surface area contributed by atoms with Crippen LogP contribution in [0.3, 0.4) is 0 Å². The largest absolute Gasteiger partial charge is 0.310 e. The van der Waals surface area contributed by atoms with Crippen LogP contribution >= 0.6 is 0 Å². The summed E-state index contributed by atoms with van der Waals surface area (Å²) in [6.45, 7) is 9.24. The predicted molar refractivity (Wildman–Crippen MR) is 230 cm³/mol. The van der Waals surface area contributed by atoms with E-state index >= 15 is 0 Å². The third kappa shape index (κ3) is 5.83. The lowest BCUT2D eigenvalue weighted by atomic mass is 9.82. The maximum atomic E-state index is 2.47. The molecule has 0 heterocycles. The van der Waals surface area contributed by atoms with Gasteiger partial charge in [-0.05, 0) is 134 Å². The van der Waals surface area contributed by atoms with Crippen molar-refractivity contribution in [3.8, 4) is 55.6 Å². The van der Waals surface area contributed by atoms with Gasteiger partial charge in [-0.2, -0.15) is 0 Å². The van der Waals surface area contributed by atoms with E-state index in [0.717, 1.165) is 11.4 Å². The average Bonchev–Trinajstić information content (AvgIpc) is 3.45. The van der Waals surface area contributed by atoms with Crippen LogP contribution in [-0.2, 0) is 5.41 Å². The summed E-state index contributed by atoms with van der Waals surface area (Å²) in [4.78, 5) is 2.47. The fourth-order valence-electron chi connectivity index (χ4n) is 8.62. The lowest BCUT2D eigenvalue weighted by Gasteiger charge is -2.31. The maximum absolute atomic E-state index is 2.47. The molecule has 0 fully saturated rings. The number of benzene rings is 8. The first kappa shape index (κ1) is 33.4. The highest BCUT2D eigenvalue weighted by molar-refractivity contribution is 5.89. The molecule has 1 aliphatic carbocycles. The predicted octanol–water partition coefficient (Wildman–Crippen LogP) is 14.7. The van der Waals surface area contributed by atoms with Crippen LogP contribution in [0.5, 0.6) is 0 Å². The second kappa shape index (κ2) is 13.5. The van der Waals surface area contributed by atoms with Crippen molar-refractivity contribution in [3.05, 3.63) is 210 Å². The molecule has 0 saturated heterocycles. The molecule has 1 nitrogen and oxygen atoms in total. The van der Waals surface area contributed by atoms with Crippen molar-refractivity contribution in [2.45, 2.75) is 33.1 Å². The van der Waals surface area contributed by atoms with E-state index in [1.807, 2.05) is 0 Å². The van der Waals surface area contributed by atoms with Gasteiger partial charge in [-0.25, -0.2) is 0 Å². The Morgan fingerprint density at radius 1 is 0.333 bits per heavy atom. The van der Waals surface area contributed by atoms with Gasteiger partial charge in [0.1, 0.15) is 0 Å². The van der Waals surface area contributed by atoms with Gasteiger partial charge in [0.2, 0.25) is 0 Å². The fraction of sp³-hybridized carbons (Fsp3) is 0.0943. The first-order chi connectivity index (χ1) is 26.4. The van der Waals surface area contributed by atoms with Crippen molar-refractivity contribution < 1.29 is 0 Å². The van der Waals surface area contributed by atoms with Crippen molar-refractivity contribution in [1.29, 1.82) is 0 Å². The van der Waals surface area contributed by atoms with Crippen molar-refractivity contribution in [3.63, 3.8) is 0 Å². The molecule has 0 amide bonds.